The van der Waals surface area contributed by atoms with E-state index in [-0.39, 0.29) is 24.5 Å². The largest absolute Gasteiger partial charge is 0.490 e. The Kier molecular flexibility index (Phi) is 5.57. The van der Waals surface area contributed by atoms with Gasteiger partial charge in [0.15, 0.2) is 0 Å². The van der Waals surface area contributed by atoms with Gasteiger partial charge in [-0.2, -0.15) is 5.10 Å². The third-order valence-electron chi connectivity index (χ3n) is 9.29. The van der Waals surface area contributed by atoms with Gasteiger partial charge < -0.3 is 14.5 Å². The molecule has 2 unspecified atom stereocenters. The maximum atomic E-state index is 14.1. The molecule has 37 heavy (non-hydrogen) atoms. The summed E-state index contributed by atoms with van der Waals surface area (Å²) in [6.07, 6.45) is 9.48. The van der Waals surface area contributed by atoms with Crippen molar-refractivity contribution in [2.24, 2.45) is 5.92 Å². The Labute approximate surface area is 224 Å². The Morgan fingerprint density at radius 3 is 2.86 bits per heavy atom. The summed E-state index contributed by atoms with van der Waals surface area (Å²) in [6, 6.07) is 12.3. The van der Waals surface area contributed by atoms with E-state index >= 15 is 0 Å². The number of hydrogen-bond donors (Lipinski definition) is 1. The van der Waals surface area contributed by atoms with Crippen LogP contribution in [0.25, 0.3) is 10.9 Å². The van der Waals surface area contributed by atoms with Gasteiger partial charge in [-0.05, 0) is 81.2 Å². The fraction of sp³-hybridized carbons (Fsp3) is 0.483. The van der Waals surface area contributed by atoms with Crippen LogP contribution >= 0.6 is 15.9 Å². The SMILES string of the molecule is O=C(CN1C(=O)C2(CCC(Oc3ccc4[nH]ncc4c3)CC2)c2c(Br)cccc21)N1CCC2CCCC21. The highest BCUT2D eigenvalue weighted by molar-refractivity contribution is 9.10. The molecule has 2 aliphatic heterocycles. The number of nitrogens with one attached hydrogen (secondary N) is 1. The Morgan fingerprint density at radius 2 is 2.00 bits per heavy atom. The molecule has 3 fully saturated rings. The number of aromatic amines is 1. The lowest BCUT2D eigenvalue weighted by atomic mass is 9.69. The summed E-state index contributed by atoms with van der Waals surface area (Å²) in [4.78, 5) is 31.5. The standard InChI is InChI=1S/C29H31BrN4O3/c30-22-4-2-6-25-27(22)29(28(36)34(25)17-26(35)33-14-11-18-3-1-5-24(18)33)12-9-20(10-13-29)37-21-7-8-23-19(15-21)16-31-32-23/h2,4,6-8,15-16,18,20,24H,1,3,5,9-14,17H2,(H,31,32). The van der Waals surface area contributed by atoms with Gasteiger partial charge in [0, 0.05) is 33.7 Å². The first kappa shape index (κ1) is 23.3. The van der Waals surface area contributed by atoms with Crippen LogP contribution in [0.2, 0.25) is 0 Å². The van der Waals surface area contributed by atoms with Crippen molar-refractivity contribution < 1.29 is 14.3 Å². The van der Waals surface area contributed by atoms with Gasteiger partial charge in [-0.15, -0.1) is 0 Å². The molecule has 8 heteroatoms. The van der Waals surface area contributed by atoms with Crippen LogP contribution in [-0.4, -0.2) is 52.1 Å². The molecule has 1 spiro atoms. The number of aromatic nitrogens is 2. The quantitative estimate of drug-likeness (QED) is 0.466. The van der Waals surface area contributed by atoms with Gasteiger partial charge in [0.05, 0.1) is 23.2 Å². The number of H-pyrrole nitrogens is 1. The second-order valence-electron chi connectivity index (χ2n) is 11.2. The van der Waals surface area contributed by atoms with Crippen molar-refractivity contribution in [3.05, 3.63) is 52.6 Å². The minimum Gasteiger partial charge on any atom is -0.490 e. The normalized spacial score (nSPS) is 28.8. The predicted molar refractivity (Wildman–Crippen MR) is 145 cm³/mol. The Balaban J connectivity index is 1.11. The van der Waals surface area contributed by atoms with Crippen molar-refractivity contribution in [3.63, 3.8) is 0 Å². The number of rotatable bonds is 4. The molecule has 3 heterocycles. The highest BCUT2D eigenvalue weighted by Crippen LogP contribution is 2.53. The first-order valence-corrected chi connectivity index (χ1v) is 14.3. The van der Waals surface area contributed by atoms with Gasteiger partial charge in [-0.1, -0.05) is 28.4 Å². The first-order valence-electron chi connectivity index (χ1n) is 13.5. The van der Waals surface area contributed by atoms with E-state index in [1.54, 1.807) is 11.1 Å². The molecule has 192 valence electrons. The third-order valence-corrected chi connectivity index (χ3v) is 9.95. The van der Waals surface area contributed by atoms with Crippen LogP contribution in [0, 0.1) is 5.92 Å². The van der Waals surface area contributed by atoms with Gasteiger partial charge in [0.25, 0.3) is 0 Å². The van der Waals surface area contributed by atoms with Crippen LogP contribution in [0.4, 0.5) is 5.69 Å². The maximum Gasteiger partial charge on any atom is 0.242 e. The number of carbonyl (C=O) groups is 2. The van der Waals surface area contributed by atoms with Crippen LogP contribution in [-0.2, 0) is 15.0 Å². The van der Waals surface area contributed by atoms with Gasteiger partial charge in [-0.25, -0.2) is 0 Å². The number of nitrogens with zero attached hydrogens (tertiary/aromatic N) is 3. The summed E-state index contributed by atoms with van der Waals surface area (Å²) in [5.74, 6) is 1.65. The fourth-order valence-electron chi connectivity index (χ4n) is 7.47. The Morgan fingerprint density at radius 1 is 1.14 bits per heavy atom. The summed E-state index contributed by atoms with van der Waals surface area (Å²) >= 11 is 3.76. The Hall–Kier alpha value is -2.87. The number of amides is 2. The fourth-order valence-corrected chi connectivity index (χ4v) is 8.20. The van der Waals surface area contributed by atoms with Crippen LogP contribution in [0.15, 0.2) is 47.1 Å². The molecule has 7 rings (SSSR count). The number of ether oxygens (including phenoxy) is 1. The van der Waals surface area contributed by atoms with Gasteiger partial charge in [0.1, 0.15) is 12.3 Å². The number of halogens is 1. The zero-order valence-electron chi connectivity index (χ0n) is 20.8. The summed E-state index contributed by atoms with van der Waals surface area (Å²) < 4.78 is 7.30. The molecule has 7 nitrogen and oxygen atoms in total. The van der Waals surface area contributed by atoms with Crippen molar-refractivity contribution in [2.75, 3.05) is 18.0 Å². The maximum absolute atomic E-state index is 14.1. The highest BCUT2D eigenvalue weighted by Gasteiger charge is 2.54. The van der Waals surface area contributed by atoms with E-state index in [4.69, 9.17) is 4.74 Å². The van der Waals surface area contributed by atoms with Gasteiger partial charge >= 0.3 is 0 Å². The first-order chi connectivity index (χ1) is 18.0. The average Bonchev–Trinajstić information content (AvgIpc) is 3.67. The van der Waals surface area contributed by atoms with Gasteiger partial charge in [-0.3, -0.25) is 14.7 Å². The Bertz CT molecular complexity index is 1380. The van der Waals surface area contributed by atoms with Crippen molar-refractivity contribution >= 4 is 44.3 Å². The second-order valence-corrected chi connectivity index (χ2v) is 12.0. The van der Waals surface area contributed by atoms with E-state index in [1.807, 2.05) is 36.4 Å². The van der Waals surface area contributed by atoms with E-state index < -0.39 is 5.41 Å². The number of anilines is 1. The molecule has 3 aromatic rings. The van der Waals surface area contributed by atoms with Crippen molar-refractivity contribution in [3.8, 4) is 5.75 Å². The zero-order valence-corrected chi connectivity index (χ0v) is 22.4. The van der Waals surface area contributed by atoms with Crippen LogP contribution < -0.4 is 9.64 Å². The molecule has 2 amide bonds. The zero-order chi connectivity index (χ0) is 25.1. The molecule has 1 N–H and O–H groups in total. The predicted octanol–water partition coefficient (Wildman–Crippen LogP) is 5.33. The lowest BCUT2D eigenvalue weighted by Crippen LogP contribution is -2.48. The molecule has 2 aromatic carbocycles. The van der Waals surface area contributed by atoms with Crippen LogP contribution in [0.5, 0.6) is 5.75 Å². The average molecular weight is 563 g/mol. The summed E-state index contributed by atoms with van der Waals surface area (Å²) in [5.41, 5.74) is 2.32. The molecule has 0 bridgehead atoms. The molecule has 2 aliphatic carbocycles. The van der Waals surface area contributed by atoms with Crippen LogP contribution in [0.1, 0.15) is 56.9 Å². The number of likely N-dealkylation sites (tertiary alicyclic amines) is 1. The highest BCUT2D eigenvalue weighted by atomic mass is 79.9. The summed E-state index contributed by atoms with van der Waals surface area (Å²) in [7, 11) is 0. The number of fused-ring (bicyclic) bond motifs is 4. The topological polar surface area (TPSA) is 78.5 Å². The minimum atomic E-state index is -0.606. The van der Waals surface area contributed by atoms with E-state index in [9.17, 15) is 9.59 Å². The molecule has 0 radical (unpaired) electrons. The molecule has 1 saturated heterocycles. The van der Waals surface area contributed by atoms with E-state index in [0.29, 0.717) is 24.8 Å². The lowest BCUT2D eigenvalue weighted by Gasteiger charge is -2.37. The minimum absolute atomic E-state index is 0.0493. The summed E-state index contributed by atoms with van der Waals surface area (Å²) in [6.45, 7) is 0.966. The number of benzene rings is 2. The smallest absolute Gasteiger partial charge is 0.242 e. The van der Waals surface area contributed by atoms with E-state index in [2.05, 4.69) is 31.0 Å². The van der Waals surface area contributed by atoms with Gasteiger partial charge in [0.2, 0.25) is 11.8 Å². The molecule has 1 aromatic heterocycles. The van der Waals surface area contributed by atoms with Crippen molar-refractivity contribution in [1.29, 1.82) is 0 Å². The van der Waals surface area contributed by atoms with Crippen molar-refractivity contribution in [1.82, 2.24) is 15.1 Å². The van der Waals surface area contributed by atoms with E-state index in [1.165, 1.54) is 12.8 Å². The summed E-state index contributed by atoms with van der Waals surface area (Å²) in [5, 5.41) is 8.08. The molecular weight excluding hydrogens is 532 g/mol. The molecule has 4 aliphatic rings. The molecule has 2 saturated carbocycles. The number of hydrogen-bond acceptors (Lipinski definition) is 4. The second kappa shape index (κ2) is 8.86. The van der Waals surface area contributed by atoms with E-state index in [0.717, 1.165) is 64.6 Å². The third kappa shape index (κ3) is 3.70. The van der Waals surface area contributed by atoms with Crippen LogP contribution in [0.3, 0.4) is 0 Å². The molecule has 2 atom stereocenters. The monoisotopic (exact) mass is 562 g/mol. The van der Waals surface area contributed by atoms with Crippen molar-refractivity contribution in [2.45, 2.75) is 68.9 Å². The molecular formula is C29H31BrN4O3. The lowest BCUT2D eigenvalue weighted by molar-refractivity contribution is -0.133. The number of carbonyl (C=O) groups excluding carboxylic acids is 2.